The molecule has 9 nitrogen and oxygen atoms in total. The van der Waals surface area contributed by atoms with Crippen molar-refractivity contribution in [3.8, 4) is 11.8 Å². The molecule has 1 amide bonds. The molecule has 3 heterocycles. The van der Waals surface area contributed by atoms with Crippen molar-refractivity contribution in [3.05, 3.63) is 70.8 Å². The van der Waals surface area contributed by atoms with E-state index in [4.69, 9.17) is 5.73 Å². The summed E-state index contributed by atoms with van der Waals surface area (Å²) < 4.78 is 3.22. The largest absolute Gasteiger partial charge is 0.382 e. The number of nitrogen functional groups attached to an aromatic ring is 1. The lowest BCUT2D eigenvalue weighted by Gasteiger charge is -2.05. The molecule has 0 saturated carbocycles. The normalized spacial score (nSPS) is 10.9. The number of benzene rings is 1. The molecule has 0 aliphatic rings. The fourth-order valence-electron chi connectivity index (χ4n) is 3.52. The molecule has 0 atom stereocenters. The van der Waals surface area contributed by atoms with Crippen molar-refractivity contribution in [2.24, 2.45) is 0 Å². The number of rotatable bonds is 6. The third-order valence-corrected chi connectivity index (χ3v) is 5.00. The Hall–Kier alpha value is -4.19. The number of amides is 1. The van der Waals surface area contributed by atoms with Crippen LogP contribution in [0, 0.1) is 25.2 Å². The van der Waals surface area contributed by atoms with Crippen LogP contribution in [0.25, 0.3) is 11.3 Å². The smallest absolute Gasteiger partial charge is 0.256 e. The molecule has 0 fully saturated rings. The van der Waals surface area contributed by atoms with Gasteiger partial charge in [0.25, 0.3) is 5.91 Å². The average molecular weight is 414 g/mol. The molecule has 4 rings (SSSR count). The van der Waals surface area contributed by atoms with Gasteiger partial charge in [-0.25, -0.2) is 14.2 Å². The number of nitrogens with one attached hydrogen (secondary N) is 1. The van der Waals surface area contributed by atoms with Crippen molar-refractivity contribution in [1.82, 2.24) is 29.7 Å². The number of aromatic nitrogens is 5. The molecular weight excluding hydrogens is 392 g/mol. The standard InChI is InChI=1S/C22H22N8O/c1-14-11-15(2)29-21(27-14)18(13-26-29)22(31)25-10-6-9-19-17(12-23)20(24)30(28-19)16-7-4-3-5-8-16/h3-5,7-8,11,13H,6,9-10,24H2,1-2H3,(H,25,31). The summed E-state index contributed by atoms with van der Waals surface area (Å²) in [5.74, 6) is 0.0817. The molecule has 0 spiro atoms. The minimum atomic E-state index is -0.234. The van der Waals surface area contributed by atoms with E-state index >= 15 is 0 Å². The number of nitrogens with two attached hydrogens (primary N) is 1. The number of nitrogens with zero attached hydrogens (tertiary/aromatic N) is 6. The second kappa shape index (κ2) is 8.28. The number of anilines is 1. The molecule has 9 heteroatoms. The van der Waals surface area contributed by atoms with Crippen molar-refractivity contribution in [1.29, 1.82) is 5.26 Å². The number of aryl methyl sites for hydroxylation is 3. The second-order valence-electron chi connectivity index (χ2n) is 7.26. The molecule has 0 bridgehead atoms. The SMILES string of the molecule is Cc1cc(C)n2ncc(C(=O)NCCCc3nn(-c4ccccc4)c(N)c3C#N)c2n1. The Morgan fingerprint density at radius 2 is 2.03 bits per heavy atom. The quantitative estimate of drug-likeness (QED) is 0.466. The zero-order chi connectivity index (χ0) is 22.0. The van der Waals surface area contributed by atoms with Gasteiger partial charge < -0.3 is 11.1 Å². The van der Waals surface area contributed by atoms with E-state index in [0.29, 0.717) is 47.7 Å². The molecule has 0 unspecified atom stereocenters. The predicted molar refractivity (Wildman–Crippen MR) is 116 cm³/mol. The van der Waals surface area contributed by atoms with Gasteiger partial charge in [-0.05, 0) is 44.9 Å². The van der Waals surface area contributed by atoms with E-state index in [1.807, 2.05) is 50.2 Å². The molecule has 0 aliphatic heterocycles. The molecule has 4 aromatic rings. The van der Waals surface area contributed by atoms with Crippen molar-refractivity contribution in [2.45, 2.75) is 26.7 Å². The highest BCUT2D eigenvalue weighted by Crippen LogP contribution is 2.21. The third kappa shape index (κ3) is 3.83. The molecule has 0 saturated heterocycles. The van der Waals surface area contributed by atoms with Crippen molar-refractivity contribution >= 4 is 17.4 Å². The summed E-state index contributed by atoms with van der Waals surface area (Å²) in [6.45, 7) is 4.22. The lowest BCUT2D eigenvalue weighted by Crippen LogP contribution is -2.25. The van der Waals surface area contributed by atoms with Crippen LogP contribution in [-0.4, -0.2) is 36.8 Å². The highest BCUT2D eigenvalue weighted by atomic mass is 16.1. The first-order valence-corrected chi connectivity index (χ1v) is 9.92. The van der Waals surface area contributed by atoms with Crippen molar-refractivity contribution in [3.63, 3.8) is 0 Å². The van der Waals surface area contributed by atoms with Crippen LogP contribution in [0.5, 0.6) is 0 Å². The van der Waals surface area contributed by atoms with Gasteiger partial charge >= 0.3 is 0 Å². The van der Waals surface area contributed by atoms with E-state index in [1.165, 1.54) is 6.20 Å². The van der Waals surface area contributed by atoms with E-state index in [2.05, 4.69) is 26.6 Å². The van der Waals surface area contributed by atoms with Crippen LogP contribution in [0.15, 0.2) is 42.6 Å². The van der Waals surface area contributed by atoms with Gasteiger partial charge in [0.2, 0.25) is 0 Å². The summed E-state index contributed by atoms with van der Waals surface area (Å²) in [5.41, 5.74) is 10.6. The first-order chi connectivity index (χ1) is 15.0. The molecule has 3 aromatic heterocycles. The molecule has 31 heavy (non-hydrogen) atoms. The number of para-hydroxylation sites is 1. The van der Waals surface area contributed by atoms with Gasteiger partial charge in [0.1, 0.15) is 23.0 Å². The van der Waals surface area contributed by atoms with E-state index < -0.39 is 0 Å². The van der Waals surface area contributed by atoms with E-state index in [-0.39, 0.29) is 5.91 Å². The zero-order valence-corrected chi connectivity index (χ0v) is 17.3. The fraction of sp³-hybridized carbons (Fsp3) is 0.227. The van der Waals surface area contributed by atoms with Gasteiger partial charge in [0.05, 0.1) is 17.6 Å². The van der Waals surface area contributed by atoms with Crippen LogP contribution in [0.4, 0.5) is 5.82 Å². The monoisotopic (exact) mass is 414 g/mol. The molecule has 0 radical (unpaired) electrons. The predicted octanol–water partition coefficient (Wildman–Crippen LogP) is 2.35. The lowest BCUT2D eigenvalue weighted by atomic mass is 10.1. The first kappa shape index (κ1) is 20.1. The summed E-state index contributed by atoms with van der Waals surface area (Å²) in [7, 11) is 0. The Bertz CT molecular complexity index is 1300. The minimum absolute atomic E-state index is 0.234. The second-order valence-corrected chi connectivity index (χ2v) is 7.26. The zero-order valence-electron chi connectivity index (χ0n) is 17.3. The molecule has 3 N–H and O–H groups in total. The molecule has 1 aromatic carbocycles. The van der Waals surface area contributed by atoms with E-state index in [0.717, 1.165) is 17.1 Å². The number of nitriles is 1. The van der Waals surface area contributed by atoms with Crippen LogP contribution in [0.3, 0.4) is 0 Å². The summed E-state index contributed by atoms with van der Waals surface area (Å²) in [5, 5.41) is 21.2. The average Bonchev–Trinajstić information content (AvgIpc) is 3.32. The lowest BCUT2D eigenvalue weighted by molar-refractivity contribution is 0.0954. The van der Waals surface area contributed by atoms with E-state index in [9.17, 15) is 10.1 Å². The van der Waals surface area contributed by atoms with E-state index in [1.54, 1.807) is 9.20 Å². The number of hydrogen-bond acceptors (Lipinski definition) is 6. The van der Waals surface area contributed by atoms with Crippen LogP contribution in [-0.2, 0) is 6.42 Å². The van der Waals surface area contributed by atoms with Crippen molar-refractivity contribution in [2.75, 3.05) is 12.3 Å². The summed E-state index contributed by atoms with van der Waals surface area (Å²) >= 11 is 0. The Labute approximate surface area is 179 Å². The number of carbonyl (C=O) groups is 1. The number of fused-ring (bicyclic) bond motifs is 1. The van der Waals surface area contributed by atoms with Gasteiger partial charge in [0, 0.05) is 17.9 Å². The Kier molecular flexibility index (Phi) is 5.37. The topological polar surface area (TPSA) is 127 Å². The minimum Gasteiger partial charge on any atom is -0.382 e. The first-order valence-electron chi connectivity index (χ1n) is 9.92. The summed E-state index contributed by atoms with van der Waals surface area (Å²) in [6, 6.07) is 13.5. The number of hydrogen-bond donors (Lipinski definition) is 2. The highest BCUT2D eigenvalue weighted by Gasteiger charge is 2.17. The summed E-state index contributed by atoms with van der Waals surface area (Å²) in [4.78, 5) is 17.1. The number of carbonyl (C=O) groups excluding carboxylic acids is 1. The van der Waals surface area contributed by atoms with Crippen LogP contribution in [0.1, 0.15) is 39.4 Å². The van der Waals surface area contributed by atoms with Crippen LogP contribution >= 0.6 is 0 Å². The Morgan fingerprint density at radius 1 is 1.26 bits per heavy atom. The van der Waals surface area contributed by atoms with Gasteiger partial charge in [-0.2, -0.15) is 15.5 Å². The molecular formula is C22H22N8O. The maximum absolute atomic E-state index is 12.6. The van der Waals surface area contributed by atoms with Crippen LogP contribution < -0.4 is 11.1 Å². The summed E-state index contributed by atoms with van der Waals surface area (Å²) in [6.07, 6.45) is 2.65. The maximum atomic E-state index is 12.6. The van der Waals surface area contributed by atoms with Crippen molar-refractivity contribution < 1.29 is 4.79 Å². The molecule has 0 aliphatic carbocycles. The van der Waals surface area contributed by atoms with Gasteiger partial charge in [-0.1, -0.05) is 18.2 Å². The third-order valence-electron chi connectivity index (χ3n) is 5.00. The highest BCUT2D eigenvalue weighted by molar-refractivity contribution is 5.99. The Balaban J connectivity index is 1.43. The maximum Gasteiger partial charge on any atom is 0.256 e. The van der Waals surface area contributed by atoms with Gasteiger partial charge in [-0.15, -0.1) is 0 Å². The van der Waals surface area contributed by atoms with Gasteiger partial charge in [-0.3, -0.25) is 4.79 Å². The Morgan fingerprint density at radius 3 is 2.77 bits per heavy atom. The van der Waals surface area contributed by atoms with Gasteiger partial charge in [0.15, 0.2) is 5.65 Å². The fourth-order valence-corrected chi connectivity index (χ4v) is 3.52. The molecule has 156 valence electrons. The van der Waals surface area contributed by atoms with Crippen LogP contribution in [0.2, 0.25) is 0 Å².